The Labute approximate surface area is 107 Å². The van der Waals surface area contributed by atoms with Gasteiger partial charge in [0.1, 0.15) is 0 Å². The zero-order valence-corrected chi connectivity index (χ0v) is 10.3. The number of nitrogens with one attached hydrogen (secondary N) is 1. The number of amides is 1. The van der Waals surface area contributed by atoms with Crippen molar-refractivity contribution >= 4 is 27.5 Å². The van der Waals surface area contributed by atoms with Crippen molar-refractivity contribution in [2.45, 2.75) is 17.9 Å². The summed E-state index contributed by atoms with van der Waals surface area (Å²) in [6, 6.07) is 3.18. The third-order valence-electron chi connectivity index (χ3n) is 2.04. The summed E-state index contributed by atoms with van der Waals surface area (Å²) in [4.78, 5) is 10.6. The van der Waals surface area contributed by atoms with Crippen LogP contribution in [-0.2, 0) is 10.1 Å². The lowest BCUT2D eigenvalue weighted by Crippen LogP contribution is -2.29. The summed E-state index contributed by atoms with van der Waals surface area (Å²) in [6.45, 7) is 0. The molecule has 0 aliphatic carbocycles. The molecule has 0 saturated heterocycles. The number of hydrogen-bond acceptors (Lipinski definition) is 1. The summed E-state index contributed by atoms with van der Waals surface area (Å²) >= 11 is 2.98. The van der Waals surface area contributed by atoms with Crippen molar-refractivity contribution < 1.29 is 26.7 Å². The van der Waals surface area contributed by atoms with E-state index in [0.717, 1.165) is 12.1 Å². The first-order valence-electron chi connectivity index (χ1n) is 4.61. The van der Waals surface area contributed by atoms with Crippen molar-refractivity contribution in [3.8, 4) is 0 Å². The van der Waals surface area contributed by atoms with Gasteiger partial charge in [0.2, 0.25) is 0 Å². The summed E-state index contributed by atoms with van der Waals surface area (Å²) in [5.74, 6) is -2.20. The van der Waals surface area contributed by atoms with Gasteiger partial charge in [-0.3, -0.25) is 4.79 Å². The number of benzene rings is 1. The molecule has 0 saturated carbocycles. The second-order valence-electron chi connectivity index (χ2n) is 3.30. The highest BCUT2D eigenvalue weighted by atomic mass is 79.9. The van der Waals surface area contributed by atoms with E-state index in [1.165, 1.54) is 11.4 Å². The van der Waals surface area contributed by atoms with E-state index in [2.05, 4.69) is 15.9 Å². The minimum absolute atomic E-state index is 0.139. The lowest BCUT2D eigenvalue weighted by atomic mass is 10.1. The third-order valence-corrected chi connectivity index (χ3v) is 2.64. The Morgan fingerprint density at radius 3 is 2.39 bits per heavy atom. The van der Waals surface area contributed by atoms with Gasteiger partial charge in [-0.25, -0.2) is 8.78 Å². The first-order valence-corrected chi connectivity index (χ1v) is 5.73. The minimum atomic E-state index is -5.06. The van der Waals surface area contributed by atoms with E-state index in [0.29, 0.717) is 0 Å². The van der Waals surface area contributed by atoms with Gasteiger partial charge in [0.25, 0.3) is 6.43 Å². The van der Waals surface area contributed by atoms with E-state index in [1.807, 2.05) is 0 Å². The van der Waals surface area contributed by atoms with Crippen molar-refractivity contribution in [3.63, 3.8) is 0 Å². The molecule has 0 aliphatic rings. The molecule has 0 heterocycles. The summed E-state index contributed by atoms with van der Waals surface area (Å²) in [5, 5.41) is 1.65. The van der Waals surface area contributed by atoms with Crippen LogP contribution in [0.3, 0.4) is 0 Å². The average molecular weight is 332 g/mol. The third kappa shape index (κ3) is 3.66. The van der Waals surface area contributed by atoms with E-state index in [-0.39, 0.29) is 16.6 Å². The number of rotatable bonds is 3. The Morgan fingerprint density at radius 1 is 1.33 bits per heavy atom. The van der Waals surface area contributed by atoms with Gasteiger partial charge in [-0.15, -0.1) is 0 Å². The van der Waals surface area contributed by atoms with Crippen molar-refractivity contribution in [2.24, 2.45) is 0 Å². The maximum absolute atomic E-state index is 12.6. The molecule has 0 bridgehead atoms. The topological polar surface area (TPSA) is 29.1 Å². The molecule has 0 spiro atoms. The van der Waals surface area contributed by atoms with E-state index in [9.17, 15) is 26.7 Å². The number of carbonyl (C=O) groups excluding carboxylic acids is 1. The molecule has 100 valence electrons. The first kappa shape index (κ1) is 14.9. The molecule has 0 unspecified atom stereocenters. The fraction of sp³-hybridized carbons (Fsp3) is 0.300. The standard InChI is InChI=1S/C10H7BrF5NO/c11-4-5-1-2-6(3-7(5)8(12)13)17-9(18)10(14,15)16/h1-3,8H,4H2,(H,17,18). The van der Waals surface area contributed by atoms with Gasteiger partial charge in [0.15, 0.2) is 0 Å². The van der Waals surface area contributed by atoms with Gasteiger partial charge in [0, 0.05) is 16.6 Å². The predicted molar refractivity (Wildman–Crippen MR) is 58.7 cm³/mol. The van der Waals surface area contributed by atoms with E-state index in [4.69, 9.17) is 0 Å². The van der Waals surface area contributed by atoms with Crippen LogP contribution >= 0.6 is 15.9 Å². The lowest BCUT2D eigenvalue weighted by Gasteiger charge is -2.11. The van der Waals surface area contributed by atoms with Crippen molar-refractivity contribution in [3.05, 3.63) is 29.3 Å². The Hall–Kier alpha value is -1.18. The second kappa shape index (κ2) is 5.64. The van der Waals surface area contributed by atoms with Crippen LogP contribution in [0.15, 0.2) is 18.2 Å². The van der Waals surface area contributed by atoms with Crippen LogP contribution < -0.4 is 5.32 Å². The largest absolute Gasteiger partial charge is 0.471 e. The van der Waals surface area contributed by atoms with Gasteiger partial charge < -0.3 is 5.32 Å². The molecule has 1 aromatic rings. The van der Waals surface area contributed by atoms with E-state index >= 15 is 0 Å². The van der Waals surface area contributed by atoms with E-state index in [1.54, 1.807) is 0 Å². The van der Waals surface area contributed by atoms with Gasteiger partial charge in [-0.1, -0.05) is 22.0 Å². The molecule has 0 fully saturated rings. The van der Waals surface area contributed by atoms with Gasteiger partial charge >= 0.3 is 12.1 Å². The van der Waals surface area contributed by atoms with Crippen LogP contribution in [0.4, 0.5) is 27.6 Å². The van der Waals surface area contributed by atoms with Crippen LogP contribution in [0.2, 0.25) is 0 Å². The number of anilines is 1. The zero-order valence-electron chi connectivity index (χ0n) is 8.69. The highest BCUT2D eigenvalue weighted by molar-refractivity contribution is 9.08. The highest BCUT2D eigenvalue weighted by Crippen LogP contribution is 2.28. The molecule has 1 rings (SSSR count). The number of halogens is 6. The van der Waals surface area contributed by atoms with Crippen LogP contribution in [0.1, 0.15) is 17.6 Å². The van der Waals surface area contributed by atoms with Crippen LogP contribution in [-0.4, -0.2) is 12.1 Å². The molecule has 1 amide bonds. The highest BCUT2D eigenvalue weighted by Gasteiger charge is 2.38. The Bertz CT molecular complexity index is 446. The molecule has 8 heteroatoms. The quantitative estimate of drug-likeness (QED) is 0.657. The molecule has 1 N–H and O–H groups in total. The van der Waals surface area contributed by atoms with Gasteiger partial charge in [-0.05, 0) is 17.7 Å². The van der Waals surface area contributed by atoms with Gasteiger partial charge in [0.05, 0.1) is 0 Å². The number of carbonyl (C=O) groups is 1. The van der Waals surface area contributed by atoms with Gasteiger partial charge in [-0.2, -0.15) is 13.2 Å². The number of alkyl halides is 6. The molecule has 0 aliphatic heterocycles. The van der Waals surface area contributed by atoms with Crippen LogP contribution in [0.5, 0.6) is 0 Å². The summed E-state index contributed by atoms with van der Waals surface area (Å²) < 4.78 is 61.1. The Balaban J connectivity index is 2.99. The zero-order chi connectivity index (χ0) is 13.9. The Kier molecular flexibility index (Phi) is 4.66. The first-order chi connectivity index (χ1) is 8.25. The molecule has 18 heavy (non-hydrogen) atoms. The minimum Gasteiger partial charge on any atom is -0.318 e. The Morgan fingerprint density at radius 2 is 1.94 bits per heavy atom. The molecular weight excluding hydrogens is 325 g/mol. The maximum Gasteiger partial charge on any atom is 0.471 e. The fourth-order valence-corrected chi connectivity index (χ4v) is 1.71. The average Bonchev–Trinajstić information content (AvgIpc) is 2.27. The molecule has 1 aromatic carbocycles. The molecule has 0 radical (unpaired) electrons. The normalized spacial score (nSPS) is 11.7. The smallest absolute Gasteiger partial charge is 0.318 e. The molecule has 0 atom stereocenters. The maximum atomic E-state index is 12.6. The van der Waals surface area contributed by atoms with Crippen LogP contribution in [0.25, 0.3) is 0 Å². The molecule has 0 aromatic heterocycles. The number of hydrogen-bond donors (Lipinski definition) is 1. The summed E-state index contributed by atoms with van der Waals surface area (Å²) in [6.07, 6.45) is -7.89. The predicted octanol–water partition coefficient (Wildman–Crippen LogP) is 4.02. The van der Waals surface area contributed by atoms with Crippen molar-refractivity contribution in [2.75, 3.05) is 5.32 Å². The monoisotopic (exact) mass is 331 g/mol. The fourth-order valence-electron chi connectivity index (χ4n) is 1.20. The van der Waals surface area contributed by atoms with E-state index < -0.39 is 24.1 Å². The van der Waals surface area contributed by atoms with Crippen molar-refractivity contribution in [1.29, 1.82) is 0 Å². The SMILES string of the molecule is O=C(Nc1ccc(CBr)c(C(F)F)c1)C(F)(F)F. The second-order valence-corrected chi connectivity index (χ2v) is 3.86. The molecular formula is C10H7BrF5NO. The summed E-state index contributed by atoms with van der Waals surface area (Å²) in [5.41, 5.74) is -0.501. The molecule has 2 nitrogen and oxygen atoms in total. The van der Waals surface area contributed by atoms with Crippen LogP contribution in [0, 0.1) is 0 Å². The van der Waals surface area contributed by atoms with Crippen molar-refractivity contribution in [1.82, 2.24) is 0 Å². The lowest BCUT2D eigenvalue weighted by molar-refractivity contribution is -0.167. The summed E-state index contributed by atoms with van der Waals surface area (Å²) in [7, 11) is 0.